The molecule has 2 N–H and O–H groups in total. The molecule has 0 saturated carbocycles. The zero-order valence-electron chi connectivity index (χ0n) is 10.4. The molecule has 106 valence electrons. The topological polar surface area (TPSA) is 102 Å². The summed E-state index contributed by atoms with van der Waals surface area (Å²) >= 11 is 1.13. The fraction of sp³-hybridized carbons (Fsp3) is 0.400. The molecule has 1 aromatic rings. The van der Waals surface area contributed by atoms with E-state index in [1.54, 1.807) is 5.38 Å². The van der Waals surface area contributed by atoms with Gasteiger partial charge < -0.3 is 10.1 Å². The van der Waals surface area contributed by atoms with Gasteiger partial charge in [-0.2, -0.15) is 0 Å². The third-order valence-electron chi connectivity index (χ3n) is 2.18. The van der Waals surface area contributed by atoms with Crippen LogP contribution in [0.1, 0.15) is 16.1 Å². The minimum atomic E-state index is -3.40. The van der Waals surface area contributed by atoms with Crippen LogP contribution in [0.5, 0.6) is 0 Å². The number of rotatable bonds is 6. The number of hydrogen-bond donors (Lipinski definition) is 2. The van der Waals surface area contributed by atoms with Gasteiger partial charge >= 0.3 is 5.97 Å². The summed E-state index contributed by atoms with van der Waals surface area (Å²) in [6.45, 7) is 0. The van der Waals surface area contributed by atoms with Gasteiger partial charge in [0.2, 0.25) is 15.9 Å². The molecule has 7 nitrogen and oxygen atoms in total. The highest BCUT2D eigenvalue weighted by molar-refractivity contribution is 7.89. The van der Waals surface area contributed by atoms with Crippen LogP contribution < -0.4 is 10.0 Å². The van der Waals surface area contributed by atoms with Gasteiger partial charge in [-0.1, -0.05) is 0 Å². The summed E-state index contributed by atoms with van der Waals surface area (Å²) in [5.74, 6) is -1.21. The molecule has 0 bridgehead atoms. The van der Waals surface area contributed by atoms with E-state index in [0.29, 0.717) is 10.6 Å². The summed E-state index contributed by atoms with van der Waals surface area (Å²) < 4.78 is 28.9. The van der Waals surface area contributed by atoms with Crippen LogP contribution in [0.15, 0.2) is 11.4 Å². The zero-order valence-corrected chi connectivity index (χ0v) is 12.1. The molecule has 1 aromatic heterocycles. The number of ether oxygens (including phenoxy) is 1. The fourth-order valence-electron chi connectivity index (χ4n) is 1.16. The number of esters is 1. The Morgan fingerprint density at radius 2 is 2.11 bits per heavy atom. The van der Waals surface area contributed by atoms with Gasteiger partial charge in [-0.3, -0.25) is 4.79 Å². The maximum Gasteiger partial charge on any atom is 0.348 e. The number of methoxy groups -OCH3 is 1. The van der Waals surface area contributed by atoms with Crippen LogP contribution >= 0.6 is 11.3 Å². The Labute approximate surface area is 115 Å². The highest BCUT2D eigenvalue weighted by atomic mass is 32.2. The Morgan fingerprint density at radius 3 is 2.68 bits per heavy atom. The molecule has 0 aromatic carbocycles. The summed E-state index contributed by atoms with van der Waals surface area (Å²) in [4.78, 5) is 23.1. The van der Waals surface area contributed by atoms with E-state index in [2.05, 4.69) is 14.8 Å². The van der Waals surface area contributed by atoms with Crippen molar-refractivity contribution in [3.05, 3.63) is 16.3 Å². The van der Waals surface area contributed by atoms with Crippen LogP contribution in [-0.2, 0) is 19.6 Å². The average Bonchev–Trinajstić information content (AvgIpc) is 2.84. The van der Waals surface area contributed by atoms with Gasteiger partial charge in [0.15, 0.2) is 0 Å². The molecule has 0 aliphatic heterocycles. The molecular formula is C10H14N2O5S2. The first-order valence-electron chi connectivity index (χ1n) is 5.26. The Hall–Kier alpha value is -1.45. The molecule has 0 fully saturated rings. The lowest BCUT2D eigenvalue weighted by Gasteiger charge is -2.03. The molecule has 0 atom stereocenters. The van der Waals surface area contributed by atoms with Crippen LogP contribution in [0.2, 0.25) is 0 Å². The van der Waals surface area contributed by atoms with Crippen LogP contribution in [0.25, 0.3) is 0 Å². The number of anilines is 1. The lowest BCUT2D eigenvalue weighted by Crippen LogP contribution is -2.25. The highest BCUT2D eigenvalue weighted by Crippen LogP contribution is 2.20. The van der Waals surface area contributed by atoms with Crippen molar-refractivity contribution < 1.29 is 22.7 Å². The van der Waals surface area contributed by atoms with E-state index < -0.39 is 21.9 Å². The largest absolute Gasteiger partial charge is 0.465 e. The number of sulfonamides is 1. The Morgan fingerprint density at radius 1 is 1.42 bits per heavy atom. The van der Waals surface area contributed by atoms with E-state index in [1.807, 2.05) is 0 Å². The van der Waals surface area contributed by atoms with Gasteiger partial charge in [0, 0.05) is 11.8 Å². The van der Waals surface area contributed by atoms with Gasteiger partial charge in [-0.05, 0) is 13.1 Å². The monoisotopic (exact) mass is 306 g/mol. The predicted octanol–water partition coefficient (Wildman–Crippen LogP) is 0.412. The van der Waals surface area contributed by atoms with Gasteiger partial charge in [-0.25, -0.2) is 17.9 Å². The second-order valence-corrected chi connectivity index (χ2v) is 6.47. The van der Waals surface area contributed by atoms with Gasteiger partial charge in [0.25, 0.3) is 0 Å². The van der Waals surface area contributed by atoms with Crippen LogP contribution in [0, 0.1) is 0 Å². The number of amides is 1. The molecule has 0 unspecified atom stereocenters. The molecule has 1 amide bonds. The van der Waals surface area contributed by atoms with Gasteiger partial charge in [0.05, 0.1) is 18.6 Å². The Bertz CT molecular complexity index is 564. The molecule has 0 spiro atoms. The molecule has 19 heavy (non-hydrogen) atoms. The van der Waals surface area contributed by atoms with Crippen molar-refractivity contribution in [1.29, 1.82) is 0 Å². The average molecular weight is 306 g/mol. The lowest BCUT2D eigenvalue weighted by atomic mass is 10.4. The van der Waals surface area contributed by atoms with E-state index >= 15 is 0 Å². The van der Waals surface area contributed by atoms with E-state index in [-0.39, 0.29) is 12.2 Å². The van der Waals surface area contributed by atoms with E-state index in [0.717, 1.165) is 11.3 Å². The smallest absolute Gasteiger partial charge is 0.348 e. The maximum atomic E-state index is 11.5. The second kappa shape index (κ2) is 6.64. The summed E-state index contributed by atoms with van der Waals surface area (Å²) in [6, 6.07) is 1.47. The summed E-state index contributed by atoms with van der Waals surface area (Å²) in [7, 11) is -0.848. The second-order valence-electron chi connectivity index (χ2n) is 3.51. The van der Waals surface area contributed by atoms with Gasteiger partial charge in [0.1, 0.15) is 4.88 Å². The van der Waals surface area contributed by atoms with Crippen molar-refractivity contribution in [2.75, 3.05) is 25.2 Å². The summed E-state index contributed by atoms with van der Waals surface area (Å²) in [6.07, 6.45) is -0.160. The fourth-order valence-corrected chi connectivity index (χ4v) is 2.58. The van der Waals surface area contributed by atoms with Crippen molar-refractivity contribution in [3.63, 3.8) is 0 Å². The van der Waals surface area contributed by atoms with E-state index in [4.69, 9.17) is 0 Å². The number of carbonyl (C=O) groups is 2. The third kappa shape index (κ3) is 4.97. The summed E-state index contributed by atoms with van der Waals surface area (Å²) in [5, 5.41) is 4.09. The first kappa shape index (κ1) is 15.6. The first-order valence-corrected chi connectivity index (χ1v) is 7.79. The Kier molecular flexibility index (Phi) is 5.45. The molecule has 0 radical (unpaired) electrons. The number of carbonyl (C=O) groups excluding carboxylic acids is 2. The first-order chi connectivity index (χ1) is 8.88. The number of thiophene rings is 1. The zero-order chi connectivity index (χ0) is 14.5. The van der Waals surface area contributed by atoms with Crippen molar-refractivity contribution in [2.24, 2.45) is 0 Å². The molecule has 1 rings (SSSR count). The van der Waals surface area contributed by atoms with Gasteiger partial charge in [-0.15, -0.1) is 11.3 Å². The van der Waals surface area contributed by atoms with E-state index in [1.165, 1.54) is 20.2 Å². The normalized spacial score (nSPS) is 11.1. The SMILES string of the molecule is CNS(=O)(=O)CCC(=O)Nc1csc(C(=O)OC)c1. The number of nitrogens with one attached hydrogen (secondary N) is 2. The highest BCUT2D eigenvalue weighted by Gasteiger charge is 2.13. The Balaban J connectivity index is 2.53. The lowest BCUT2D eigenvalue weighted by molar-refractivity contribution is -0.115. The minimum absolute atomic E-state index is 0.160. The molecule has 0 aliphatic carbocycles. The van der Waals surface area contributed by atoms with Crippen LogP contribution in [-0.4, -0.2) is 40.2 Å². The van der Waals surface area contributed by atoms with Crippen molar-refractivity contribution in [1.82, 2.24) is 4.72 Å². The molecule has 0 aliphatic rings. The van der Waals surface area contributed by atoms with Crippen LogP contribution in [0.4, 0.5) is 5.69 Å². The minimum Gasteiger partial charge on any atom is -0.465 e. The predicted molar refractivity (Wildman–Crippen MR) is 71.8 cm³/mol. The van der Waals surface area contributed by atoms with Crippen LogP contribution in [0.3, 0.4) is 0 Å². The maximum absolute atomic E-state index is 11.5. The van der Waals surface area contributed by atoms with E-state index in [9.17, 15) is 18.0 Å². The standard InChI is InChI=1S/C10H14N2O5S2/c1-11-19(15,16)4-3-9(13)12-7-5-8(18-6-7)10(14)17-2/h5-6,11H,3-4H2,1-2H3,(H,12,13). The molecule has 0 saturated heterocycles. The van der Waals surface area contributed by atoms with Crippen molar-refractivity contribution in [3.8, 4) is 0 Å². The number of hydrogen-bond acceptors (Lipinski definition) is 6. The molecular weight excluding hydrogens is 292 g/mol. The third-order valence-corrected chi connectivity index (χ3v) is 4.45. The molecule has 9 heteroatoms. The summed E-state index contributed by atoms with van der Waals surface area (Å²) in [5.41, 5.74) is 0.442. The molecule has 1 heterocycles. The quantitative estimate of drug-likeness (QED) is 0.741. The van der Waals surface area contributed by atoms with Crippen molar-refractivity contribution >= 4 is 38.9 Å². The van der Waals surface area contributed by atoms with Crippen molar-refractivity contribution in [2.45, 2.75) is 6.42 Å².